The molecule has 2 aromatic heterocycles. The molecule has 0 N–H and O–H groups in total. The first-order valence-corrected chi connectivity index (χ1v) is 8.17. The second-order valence-corrected chi connectivity index (χ2v) is 5.84. The normalized spacial score (nSPS) is 10.7. The Morgan fingerprint density at radius 3 is 2.52 bits per heavy atom. The third-order valence-corrected chi connectivity index (χ3v) is 4.16. The van der Waals surface area contributed by atoms with Gasteiger partial charge >= 0.3 is 0 Å². The van der Waals surface area contributed by atoms with Crippen LogP contribution in [-0.4, -0.2) is 27.0 Å². The molecule has 0 spiro atoms. The predicted molar refractivity (Wildman–Crippen MR) is 101 cm³/mol. The standard InChI is InChI=1S/C20H14N4O3/c1-27-20-17-11-14(13-4-2-6-16(10-13)24(25)26)7-8-18(17)22-19(23-20)15-5-3-9-21-12-15/h2-12H,1H3. The van der Waals surface area contributed by atoms with E-state index < -0.39 is 4.92 Å². The SMILES string of the molecule is COc1nc(-c2cccnc2)nc2ccc(-c3cccc([N+](=O)[O-])c3)cc12. The van der Waals surface area contributed by atoms with Gasteiger partial charge in [-0.25, -0.2) is 4.98 Å². The number of methoxy groups -OCH3 is 1. The zero-order valence-electron chi connectivity index (χ0n) is 14.4. The maximum absolute atomic E-state index is 11.0. The molecule has 0 bridgehead atoms. The number of hydrogen-bond donors (Lipinski definition) is 0. The van der Waals surface area contributed by atoms with Crippen LogP contribution in [0.4, 0.5) is 5.69 Å². The maximum Gasteiger partial charge on any atom is 0.270 e. The largest absolute Gasteiger partial charge is 0.480 e. The lowest BCUT2D eigenvalue weighted by molar-refractivity contribution is -0.384. The van der Waals surface area contributed by atoms with Crippen LogP contribution in [-0.2, 0) is 0 Å². The van der Waals surface area contributed by atoms with Crippen molar-refractivity contribution >= 4 is 16.6 Å². The quantitative estimate of drug-likeness (QED) is 0.399. The Hall–Kier alpha value is -3.87. The summed E-state index contributed by atoms with van der Waals surface area (Å²) in [5.41, 5.74) is 3.12. The number of nitrogens with zero attached hydrogens (tertiary/aromatic N) is 4. The van der Waals surface area contributed by atoms with Gasteiger partial charge in [0.25, 0.3) is 5.69 Å². The monoisotopic (exact) mass is 358 g/mol. The van der Waals surface area contributed by atoms with Crippen LogP contribution in [0, 0.1) is 10.1 Å². The minimum atomic E-state index is -0.408. The van der Waals surface area contributed by atoms with E-state index in [0.717, 1.165) is 27.6 Å². The summed E-state index contributed by atoms with van der Waals surface area (Å²) in [6, 6.07) is 15.8. The zero-order chi connectivity index (χ0) is 18.8. The molecular weight excluding hydrogens is 344 g/mol. The molecule has 7 nitrogen and oxygen atoms in total. The minimum Gasteiger partial charge on any atom is -0.480 e. The molecule has 0 aliphatic rings. The molecule has 0 saturated carbocycles. The molecular formula is C20H14N4O3. The molecule has 0 unspecified atom stereocenters. The number of fused-ring (bicyclic) bond motifs is 1. The maximum atomic E-state index is 11.0. The molecule has 2 aromatic carbocycles. The molecule has 0 atom stereocenters. The number of pyridine rings is 1. The highest BCUT2D eigenvalue weighted by Crippen LogP contribution is 2.31. The van der Waals surface area contributed by atoms with Gasteiger partial charge in [-0.15, -0.1) is 0 Å². The zero-order valence-corrected chi connectivity index (χ0v) is 14.4. The van der Waals surface area contributed by atoms with Crippen LogP contribution in [0.25, 0.3) is 33.4 Å². The molecule has 0 radical (unpaired) electrons. The van der Waals surface area contributed by atoms with E-state index >= 15 is 0 Å². The van der Waals surface area contributed by atoms with E-state index in [9.17, 15) is 10.1 Å². The number of nitro groups is 1. The molecule has 0 amide bonds. The van der Waals surface area contributed by atoms with Crippen LogP contribution in [0.5, 0.6) is 5.88 Å². The van der Waals surface area contributed by atoms with Crippen molar-refractivity contribution in [3.8, 4) is 28.4 Å². The summed E-state index contributed by atoms with van der Waals surface area (Å²) < 4.78 is 5.46. The lowest BCUT2D eigenvalue weighted by atomic mass is 10.0. The summed E-state index contributed by atoms with van der Waals surface area (Å²) in [5, 5.41) is 11.8. The molecule has 4 rings (SSSR count). The van der Waals surface area contributed by atoms with E-state index in [2.05, 4.69) is 15.0 Å². The van der Waals surface area contributed by atoms with Gasteiger partial charge in [0.15, 0.2) is 5.82 Å². The summed E-state index contributed by atoms with van der Waals surface area (Å²) in [4.78, 5) is 23.8. The molecule has 0 aliphatic carbocycles. The van der Waals surface area contributed by atoms with Crippen molar-refractivity contribution in [2.75, 3.05) is 7.11 Å². The second kappa shape index (κ2) is 6.80. The number of aromatic nitrogens is 3. The van der Waals surface area contributed by atoms with E-state index in [1.165, 1.54) is 6.07 Å². The van der Waals surface area contributed by atoms with E-state index in [1.54, 1.807) is 31.6 Å². The Balaban J connectivity index is 1.85. The van der Waals surface area contributed by atoms with Gasteiger partial charge in [-0.1, -0.05) is 18.2 Å². The van der Waals surface area contributed by atoms with Gasteiger partial charge in [0, 0.05) is 30.1 Å². The molecule has 4 aromatic rings. The Bertz CT molecular complexity index is 1150. The van der Waals surface area contributed by atoms with Crippen molar-refractivity contribution in [3.05, 3.63) is 77.1 Å². The highest BCUT2D eigenvalue weighted by Gasteiger charge is 2.13. The first-order chi connectivity index (χ1) is 13.2. The van der Waals surface area contributed by atoms with E-state index in [4.69, 9.17) is 4.74 Å². The minimum absolute atomic E-state index is 0.0442. The van der Waals surface area contributed by atoms with Crippen molar-refractivity contribution in [2.45, 2.75) is 0 Å². The summed E-state index contributed by atoms with van der Waals surface area (Å²) >= 11 is 0. The first kappa shape index (κ1) is 16.6. The highest BCUT2D eigenvalue weighted by molar-refractivity contribution is 5.89. The molecule has 0 aliphatic heterocycles. The fourth-order valence-corrected chi connectivity index (χ4v) is 2.86. The Morgan fingerprint density at radius 2 is 1.78 bits per heavy atom. The highest BCUT2D eigenvalue weighted by atomic mass is 16.6. The van der Waals surface area contributed by atoms with Crippen LogP contribution in [0.15, 0.2) is 67.0 Å². The summed E-state index contributed by atoms with van der Waals surface area (Å²) in [7, 11) is 1.55. The number of hydrogen-bond acceptors (Lipinski definition) is 6. The Morgan fingerprint density at radius 1 is 0.963 bits per heavy atom. The van der Waals surface area contributed by atoms with Crippen molar-refractivity contribution in [1.29, 1.82) is 0 Å². The molecule has 2 heterocycles. The smallest absolute Gasteiger partial charge is 0.270 e. The molecule has 132 valence electrons. The summed E-state index contributed by atoms with van der Waals surface area (Å²) in [6.07, 6.45) is 3.38. The summed E-state index contributed by atoms with van der Waals surface area (Å²) in [6.45, 7) is 0. The fourth-order valence-electron chi connectivity index (χ4n) is 2.86. The van der Waals surface area contributed by atoms with Gasteiger partial charge in [-0.05, 0) is 35.4 Å². The third kappa shape index (κ3) is 3.18. The lowest BCUT2D eigenvalue weighted by Gasteiger charge is -2.09. The van der Waals surface area contributed by atoms with Crippen LogP contribution >= 0.6 is 0 Å². The van der Waals surface area contributed by atoms with E-state index in [-0.39, 0.29) is 5.69 Å². The van der Waals surface area contributed by atoms with Crippen LogP contribution < -0.4 is 4.74 Å². The van der Waals surface area contributed by atoms with Crippen molar-refractivity contribution in [2.24, 2.45) is 0 Å². The lowest BCUT2D eigenvalue weighted by Crippen LogP contribution is -1.96. The number of rotatable bonds is 4. The van der Waals surface area contributed by atoms with Gasteiger partial charge in [-0.2, -0.15) is 4.98 Å². The number of non-ortho nitro benzene ring substituents is 1. The van der Waals surface area contributed by atoms with Crippen molar-refractivity contribution < 1.29 is 9.66 Å². The molecule has 27 heavy (non-hydrogen) atoms. The predicted octanol–water partition coefficient (Wildman–Crippen LogP) is 4.28. The number of benzene rings is 2. The average Bonchev–Trinajstić information content (AvgIpc) is 2.73. The van der Waals surface area contributed by atoms with Crippen LogP contribution in [0.2, 0.25) is 0 Å². The number of ether oxygens (including phenoxy) is 1. The van der Waals surface area contributed by atoms with Gasteiger partial charge in [0.1, 0.15) is 0 Å². The van der Waals surface area contributed by atoms with Gasteiger partial charge < -0.3 is 4.74 Å². The fraction of sp³-hybridized carbons (Fsp3) is 0.0500. The first-order valence-electron chi connectivity index (χ1n) is 8.17. The topological polar surface area (TPSA) is 91.0 Å². The van der Waals surface area contributed by atoms with Gasteiger partial charge in [-0.3, -0.25) is 15.1 Å². The molecule has 7 heteroatoms. The van der Waals surface area contributed by atoms with Gasteiger partial charge in [0.05, 0.1) is 22.9 Å². The number of nitro benzene ring substituents is 1. The van der Waals surface area contributed by atoms with E-state index in [0.29, 0.717) is 11.7 Å². The molecule has 0 saturated heterocycles. The molecule has 0 fully saturated rings. The van der Waals surface area contributed by atoms with E-state index in [1.807, 2.05) is 36.4 Å². The van der Waals surface area contributed by atoms with Crippen molar-refractivity contribution in [3.63, 3.8) is 0 Å². The summed E-state index contributed by atoms with van der Waals surface area (Å²) in [5.74, 6) is 0.960. The van der Waals surface area contributed by atoms with Crippen LogP contribution in [0.3, 0.4) is 0 Å². The Labute approximate surface area is 154 Å². The second-order valence-electron chi connectivity index (χ2n) is 5.84. The van der Waals surface area contributed by atoms with Crippen molar-refractivity contribution in [1.82, 2.24) is 15.0 Å². The third-order valence-electron chi connectivity index (χ3n) is 4.16. The van der Waals surface area contributed by atoms with Crippen LogP contribution in [0.1, 0.15) is 0 Å². The Kier molecular flexibility index (Phi) is 4.18. The van der Waals surface area contributed by atoms with Gasteiger partial charge in [0.2, 0.25) is 5.88 Å². The average molecular weight is 358 g/mol.